The van der Waals surface area contributed by atoms with Gasteiger partial charge in [0, 0.05) is 6.04 Å². The van der Waals surface area contributed by atoms with Gasteiger partial charge in [-0.05, 0) is 80.4 Å². The largest absolute Gasteiger partial charge is 0.508 e. The van der Waals surface area contributed by atoms with Gasteiger partial charge in [0.05, 0.1) is 10.1 Å². The second-order valence-corrected chi connectivity index (χ2v) is 10.7. The summed E-state index contributed by atoms with van der Waals surface area (Å²) in [5.41, 5.74) is 1.10. The first-order valence-corrected chi connectivity index (χ1v) is 13.6. The lowest BCUT2D eigenvalue weighted by molar-refractivity contribution is 0.146. The van der Waals surface area contributed by atoms with E-state index in [1.807, 2.05) is 42.5 Å². The SMILES string of the molecule is CCN(CCC(C)C)[C@@H](C)COc1ccccc1.Oc1ccc(C2COc3ccc(O)cc3S2)cc1. The van der Waals surface area contributed by atoms with Crippen LogP contribution in [0.5, 0.6) is 23.0 Å². The van der Waals surface area contributed by atoms with Crippen molar-refractivity contribution in [3.05, 3.63) is 78.4 Å². The van der Waals surface area contributed by atoms with Crippen molar-refractivity contribution in [2.24, 2.45) is 5.92 Å². The molecule has 194 valence electrons. The number of hydrogen-bond donors (Lipinski definition) is 2. The lowest BCUT2D eigenvalue weighted by atomic mass is 10.1. The number of thioether (sulfide) groups is 1. The molecule has 0 radical (unpaired) electrons. The number of likely N-dealkylation sites (N-methyl/N-ethyl adjacent to an activating group) is 1. The number of benzene rings is 3. The molecule has 3 aromatic carbocycles. The third-order valence-electron chi connectivity index (χ3n) is 6.11. The molecule has 1 unspecified atom stereocenters. The van der Waals surface area contributed by atoms with Crippen LogP contribution >= 0.6 is 11.8 Å². The van der Waals surface area contributed by atoms with Crippen molar-refractivity contribution < 1.29 is 19.7 Å². The van der Waals surface area contributed by atoms with Crippen molar-refractivity contribution in [1.82, 2.24) is 4.90 Å². The number of fused-ring (bicyclic) bond motifs is 1. The summed E-state index contributed by atoms with van der Waals surface area (Å²) in [7, 11) is 0. The molecule has 0 amide bonds. The minimum absolute atomic E-state index is 0.180. The van der Waals surface area contributed by atoms with E-state index in [-0.39, 0.29) is 16.7 Å². The highest BCUT2D eigenvalue weighted by Gasteiger charge is 2.22. The normalized spacial score (nSPS) is 15.4. The fourth-order valence-corrected chi connectivity index (χ4v) is 5.03. The zero-order valence-corrected chi connectivity index (χ0v) is 22.6. The molecule has 0 aromatic heterocycles. The van der Waals surface area contributed by atoms with Crippen molar-refractivity contribution in [1.29, 1.82) is 0 Å². The highest BCUT2D eigenvalue weighted by atomic mass is 32.2. The van der Waals surface area contributed by atoms with Gasteiger partial charge in [-0.1, -0.05) is 51.1 Å². The molecule has 0 aliphatic carbocycles. The highest BCUT2D eigenvalue weighted by Crippen LogP contribution is 2.45. The van der Waals surface area contributed by atoms with Gasteiger partial charge in [0.15, 0.2) is 0 Å². The first kappa shape index (κ1) is 27.8. The van der Waals surface area contributed by atoms with Crippen LogP contribution in [-0.4, -0.2) is 47.5 Å². The van der Waals surface area contributed by atoms with Crippen LogP contribution in [0.15, 0.2) is 77.7 Å². The first-order valence-electron chi connectivity index (χ1n) is 12.7. The van der Waals surface area contributed by atoms with Gasteiger partial charge < -0.3 is 19.7 Å². The molecule has 3 aromatic rings. The number of hydrogen-bond acceptors (Lipinski definition) is 6. The summed E-state index contributed by atoms with van der Waals surface area (Å²) in [4.78, 5) is 3.43. The van der Waals surface area contributed by atoms with Crippen LogP contribution < -0.4 is 9.47 Å². The molecule has 0 saturated heterocycles. The van der Waals surface area contributed by atoms with Crippen LogP contribution in [0.3, 0.4) is 0 Å². The zero-order chi connectivity index (χ0) is 25.9. The Morgan fingerprint density at radius 2 is 1.67 bits per heavy atom. The van der Waals surface area contributed by atoms with Gasteiger partial charge in [0.25, 0.3) is 0 Å². The average molecular weight is 510 g/mol. The predicted molar refractivity (Wildman–Crippen MR) is 148 cm³/mol. The lowest BCUT2D eigenvalue weighted by Crippen LogP contribution is -2.38. The van der Waals surface area contributed by atoms with Crippen LogP contribution in [0, 0.1) is 5.92 Å². The maximum Gasteiger partial charge on any atom is 0.133 e. The monoisotopic (exact) mass is 509 g/mol. The molecule has 0 bridgehead atoms. The molecule has 1 heterocycles. The topological polar surface area (TPSA) is 62.2 Å². The van der Waals surface area contributed by atoms with Crippen LogP contribution in [0.4, 0.5) is 0 Å². The van der Waals surface area contributed by atoms with E-state index in [9.17, 15) is 10.2 Å². The summed E-state index contributed by atoms with van der Waals surface area (Å²) in [5.74, 6) is 3.05. The van der Waals surface area contributed by atoms with Gasteiger partial charge in [-0.15, -0.1) is 11.8 Å². The van der Waals surface area contributed by atoms with E-state index < -0.39 is 0 Å². The first-order chi connectivity index (χ1) is 17.4. The maximum absolute atomic E-state index is 9.48. The highest BCUT2D eigenvalue weighted by molar-refractivity contribution is 7.99. The van der Waals surface area contributed by atoms with Gasteiger partial charge >= 0.3 is 0 Å². The molecule has 0 fully saturated rings. The second kappa shape index (κ2) is 14.0. The van der Waals surface area contributed by atoms with Crippen molar-refractivity contribution in [2.45, 2.75) is 50.3 Å². The fourth-order valence-electron chi connectivity index (χ4n) is 3.87. The molecule has 6 heteroatoms. The third kappa shape index (κ3) is 8.68. The zero-order valence-electron chi connectivity index (χ0n) is 21.8. The fraction of sp³-hybridized carbons (Fsp3) is 0.400. The Morgan fingerprint density at radius 1 is 0.972 bits per heavy atom. The quantitative estimate of drug-likeness (QED) is 0.319. The Balaban J connectivity index is 0.000000201. The van der Waals surface area contributed by atoms with E-state index in [1.54, 1.807) is 42.1 Å². The Hall–Kier alpha value is -2.83. The average Bonchev–Trinajstić information content (AvgIpc) is 2.88. The molecule has 36 heavy (non-hydrogen) atoms. The Bertz CT molecular complexity index is 1040. The van der Waals surface area contributed by atoms with E-state index in [2.05, 4.69) is 32.6 Å². The molecule has 0 saturated carbocycles. The molecule has 1 aliphatic rings. The molecule has 5 nitrogen and oxygen atoms in total. The van der Waals surface area contributed by atoms with Crippen LogP contribution in [0.25, 0.3) is 0 Å². The third-order valence-corrected chi connectivity index (χ3v) is 7.37. The number of rotatable bonds is 9. The van der Waals surface area contributed by atoms with Gasteiger partial charge in [0.2, 0.25) is 0 Å². The Morgan fingerprint density at radius 3 is 2.33 bits per heavy atom. The number of phenols is 2. The van der Waals surface area contributed by atoms with Crippen molar-refractivity contribution in [3.63, 3.8) is 0 Å². The van der Waals surface area contributed by atoms with Gasteiger partial charge in [-0.2, -0.15) is 0 Å². The molecule has 1 aliphatic heterocycles. The Kier molecular flexibility index (Phi) is 10.8. The van der Waals surface area contributed by atoms with Crippen molar-refractivity contribution in [2.75, 3.05) is 26.3 Å². The predicted octanol–water partition coefficient (Wildman–Crippen LogP) is 7.15. The Labute approximate surface area is 220 Å². The molecular formula is C30H39NO4S. The number of aromatic hydroxyl groups is 2. The van der Waals surface area contributed by atoms with E-state index in [1.165, 1.54) is 6.42 Å². The lowest BCUT2D eigenvalue weighted by Gasteiger charge is -2.28. The number of para-hydroxylation sites is 1. The summed E-state index contributed by atoms with van der Waals surface area (Å²) in [6.45, 7) is 12.6. The summed E-state index contributed by atoms with van der Waals surface area (Å²) in [5, 5.41) is 18.9. The number of phenolic OH excluding ortho intramolecular Hbond substituents is 2. The van der Waals surface area contributed by atoms with Gasteiger partial charge in [-0.25, -0.2) is 0 Å². The molecule has 2 N–H and O–H groups in total. The van der Waals surface area contributed by atoms with E-state index in [4.69, 9.17) is 9.47 Å². The van der Waals surface area contributed by atoms with Crippen LogP contribution in [0.1, 0.15) is 44.9 Å². The standard InChI is InChI=1S/C16H27NO.C14H12O3S/c1-5-17(12-11-14(2)3)15(4)13-18-16-9-7-6-8-10-16;15-10-3-1-9(2-4-10)14-8-17-12-6-5-11(16)7-13(12)18-14/h6-10,14-15H,5,11-13H2,1-4H3;1-7,14-16H,8H2/t15-;/m0./s1. The summed E-state index contributed by atoms with van der Waals surface area (Å²) in [6, 6.07) is 22.8. The maximum atomic E-state index is 9.48. The van der Waals surface area contributed by atoms with Crippen molar-refractivity contribution >= 4 is 11.8 Å². The summed E-state index contributed by atoms with van der Waals surface area (Å²) >= 11 is 1.66. The molecule has 0 spiro atoms. The summed E-state index contributed by atoms with van der Waals surface area (Å²) in [6.07, 6.45) is 1.25. The van der Waals surface area contributed by atoms with Crippen LogP contribution in [0.2, 0.25) is 0 Å². The molecule has 2 atom stereocenters. The minimum atomic E-state index is 0.180. The van der Waals surface area contributed by atoms with E-state index in [0.717, 1.165) is 47.6 Å². The van der Waals surface area contributed by atoms with E-state index in [0.29, 0.717) is 12.6 Å². The minimum Gasteiger partial charge on any atom is -0.508 e. The molecular weight excluding hydrogens is 470 g/mol. The smallest absolute Gasteiger partial charge is 0.133 e. The van der Waals surface area contributed by atoms with Crippen molar-refractivity contribution in [3.8, 4) is 23.0 Å². The second-order valence-electron chi connectivity index (χ2n) is 9.42. The number of ether oxygens (including phenoxy) is 2. The number of nitrogens with zero attached hydrogens (tertiary/aromatic N) is 1. The van der Waals surface area contributed by atoms with Gasteiger partial charge in [0.1, 0.15) is 36.2 Å². The van der Waals surface area contributed by atoms with Crippen LogP contribution in [-0.2, 0) is 0 Å². The molecule has 4 rings (SSSR count). The van der Waals surface area contributed by atoms with E-state index >= 15 is 0 Å². The summed E-state index contributed by atoms with van der Waals surface area (Å²) < 4.78 is 11.5. The van der Waals surface area contributed by atoms with Gasteiger partial charge in [-0.3, -0.25) is 4.90 Å².